The molecule has 0 atom stereocenters. The molecule has 2 aromatic rings. The Balaban J connectivity index is 1.58. The first-order chi connectivity index (χ1) is 16.6. The van der Waals surface area contributed by atoms with E-state index in [1.807, 2.05) is 13.0 Å². The molecule has 35 heavy (non-hydrogen) atoms. The van der Waals surface area contributed by atoms with Gasteiger partial charge in [0.2, 0.25) is 5.91 Å². The monoisotopic (exact) mass is 493 g/mol. The summed E-state index contributed by atoms with van der Waals surface area (Å²) < 4.78 is 15.2. The van der Waals surface area contributed by atoms with E-state index in [0.717, 1.165) is 34.7 Å². The van der Waals surface area contributed by atoms with E-state index in [1.54, 1.807) is 30.3 Å². The van der Waals surface area contributed by atoms with Crippen LogP contribution in [0.3, 0.4) is 0 Å². The van der Waals surface area contributed by atoms with Gasteiger partial charge >= 0.3 is 0 Å². The van der Waals surface area contributed by atoms with Crippen LogP contribution in [-0.4, -0.2) is 40.6 Å². The molecule has 0 spiro atoms. The standard InChI is InChI=1S/C27H28FN3O3S/c1-5-11-31-22-14-21(28)18(12-20(22)17(2)15-27(31,3)4)13-23-25(33)30(26(34)35-23)16-24(32)29-19-9-7-6-8-10-19/h6-10,12-15H,5,11,16H2,1-4H3,(H,29,32)/b23-13+. The number of rotatable bonds is 6. The minimum absolute atomic E-state index is 0.0875. The molecule has 1 fully saturated rings. The van der Waals surface area contributed by atoms with Gasteiger partial charge in [-0.1, -0.05) is 31.2 Å². The number of hydrogen-bond acceptors (Lipinski definition) is 5. The summed E-state index contributed by atoms with van der Waals surface area (Å²) >= 11 is 0.707. The van der Waals surface area contributed by atoms with E-state index in [9.17, 15) is 14.4 Å². The molecular weight excluding hydrogens is 465 g/mol. The molecule has 182 valence electrons. The highest BCUT2D eigenvalue weighted by atomic mass is 32.2. The lowest BCUT2D eigenvalue weighted by atomic mass is 9.87. The fraction of sp³-hybridized carbons (Fsp3) is 0.296. The second-order valence-corrected chi connectivity index (χ2v) is 10.2. The predicted molar refractivity (Wildman–Crippen MR) is 140 cm³/mol. The van der Waals surface area contributed by atoms with Gasteiger partial charge < -0.3 is 10.2 Å². The van der Waals surface area contributed by atoms with E-state index in [1.165, 1.54) is 12.1 Å². The molecule has 0 radical (unpaired) electrons. The Morgan fingerprint density at radius 1 is 1.17 bits per heavy atom. The zero-order chi connectivity index (χ0) is 25.3. The van der Waals surface area contributed by atoms with Crippen LogP contribution in [0.5, 0.6) is 0 Å². The number of imide groups is 1. The number of para-hydroxylation sites is 1. The van der Waals surface area contributed by atoms with Crippen LogP contribution < -0.4 is 10.2 Å². The maximum Gasteiger partial charge on any atom is 0.294 e. The molecule has 1 N–H and O–H groups in total. The Morgan fingerprint density at radius 3 is 2.57 bits per heavy atom. The largest absolute Gasteiger partial charge is 0.362 e. The number of fused-ring (bicyclic) bond motifs is 1. The van der Waals surface area contributed by atoms with Crippen LogP contribution in [-0.2, 0) is 9.59 Å². The number of benzene rings is 2. The second kappa shape index (κ2) is 9.70. The third kappa shape index (κ3) is 5.03. The quantitative estimate of drug-likeness (QED) is 0.507. The molecular formula is C27H28FN3O3S. The number of amides is 3. The molecule has 4 rings (SSSR count). The number of carbonyl (C=O) groups is 3. The number of hydrogen-bond donors (Lipinski definition) is 1. The van der Waals surface area contributed by atoms with Gasteiger partial charge in [-0.3, -0.25) is 19.3 Å². The van der Waals surface area contributed by atoms with Gasteiger partial charge in [-0.2, -0.15) is 0 Å². The molecule has 2 aliphatic heterocycles. The van der Waals surface area contributed by atoms with Gasteiger partial charge in [-0.15, -0.1) is 0 Å². The molecule has 2 heterocycles. The second-order valence-electron chi connectivity index (χ2n) is 9.21. The minimum atomic E-state index is -0.610. The number of thioether (sulfide) groups is 1. The van der Waals surface area contributed by atoms with Crippen LogP contribution in [0, 0.1) is 5.82 Å². The van der Waals surface area contributed by atoms with Gasteiger partial charge in [-0.25, -0.2) is 4.39 Å². The van der Waals surface area contributed by atoms with Crippen molar-refractivity contribution in [3.8, 4) is 0 Å². The molecule has 6 nitrogen and oxygen atoms in total. The van der Waals surface area contributed by atoms with E-state index in [-0.39, 0.29) is 16.0 Å². The van der Waals surface area contributed by atoms with Gasteiger partial charge in [0.05, 0.1) is 10.4 Å². The summed E-state index contributed by atoms with van der Waals surface area (Å²) in [6, 6.07) is 12.0. The highest BCUT2D eigenvalue weighted by Gasteiger charge is 2.37. The molecule has 1 saturated heterocycles. The van der Waals surface area contributed by atoms with Crippen LogP contribution in [0.4, 0.5) is 20.6 Å². The van der Waals surface area contributed by atoms with Crippen LogP contribution in [0.25, 0.3) is 11.6 Å². The first kappa shape index (κ1) is 24.7. The molecule has 0 aliphatic carbocycles. The van der Waals surface area contributed by atoms with Crippen molar-refractivity contribution >= 4 is 51.8 Å². The van der Waals surface area contributed by atoms with Crippen molar-refractivity contribution in [1.82, 2.24) is 4.90 Å². The minimum Gasteiger partial charge on any atom is -0.362 e. The Hall–Kier alpha value is -3.39. The highest BCUT2D eigenvalue weighted by Crippen LogP contribution is 2.41. The zero-order valence-corrected chi connectivity index (χ0v) is 21.0. The predicted octanol–water partition coefficient (Wildman–Crippen LogP) is 5.91. The van der Waals surface area contributed by atoms with Gasteiger partial charge in [0.15, 0.2) is 0 Å². The summed E-state index contributed by atoms with van der Waals surface area (Å²) in [4.78, 5) is 40.9. The number of allylic oxidation sites excluding steroid dienone is 1. The molecule has 0 unspecified atom stereocenters. The van der Waals surface area contributed by atoms with Crippen LogP contribution in [0.15, 0.2) is 53.4 Å². The van der Waals surface area contributed by atoms with E-state index in [2.05, 4.69) is 37.1 Å². The summed E-state index contributed by atoms with van der Waals surface area (Å²) in [7, 11) is 0. The van der Waals surface area contributed by atoms with Crippen LogP contribution in [0.1, 0.15) is 45.2 Å². The summed E-state index contributed by atoms with van der Waals surface area (Å²) in [5, 5.41) is 2.10. The van der Waals surface area contributed by atoms with Crippen molar-refractivity contribution in [2.24, 2.45) is 0 Å². The first-order valence-corrected chi connectivity index (χ1v) is 12.3. The van der Waals surface area contributed by atoms with Gasteiger partial charge in [0, 0.05) is 29.0 Å². The molecule has 3 amide bonds. The summed E-state index contributed by atoms with van der Waals surface area (Å²) in [6.45, 7) is 8.65. The lowest BCUT2D eigenvalue weighted by molar-refractivity contribution is -0.127. The maximum atomic E-state index is 15.2. The van der Waals surface area contributed by atoms with Crippen molar-refractivity contribution in [2.45, 2.75) is 39.7 Å². The summed E-state index contributed by atoms with van der Waals surface area (Å²) in [6.07, 6.45) is 4.48. The fourth-order valence-electron chi connectivity index (χ4n) is 4.50. The molecule has 2 aromatic carbocycles. The Labute approximate surface area is 208 Å². The SMILES string of the molecule is CCCN1c2cc(F)c(/C=C3/SC(=O)N(CC(=O)Nc4ccccc4)C3=O)cc2C(C)=CC1(C)C. The lowest BCUT2D eigenvalue weighted by Crippen LogP contribution is -2.45. The van der Waals surface area contributed by atoms with Gasteiger partial charge in [0.1, 0.15) is 12.4 Å². The molecule has 0 bridgehead atoms. The van der Waals surface area contributed by atoms with Crippen LogP contribution >= 0.6 is 11.8 Å². The summed E-state index contributed by atoms with van der Waals surface area (Å²) in [5.41, 5.74) is 3.29. The van der Waals surface area contributed by atoms with E-state index >= 15 is 4.39 Å². The molecule has 0 aromatic heterocycles. The Morgan fingerprint density at radius 2 is 1.89 bits per heavy atom. The first-order valence-electron chi connectivity index (χ1n) is 11.5. The van der Waals surface area contributed by atoms with Gasteiger partial charge in [-0.05, 0) is 74.9 Å². The fourth-order valence-corrected chi connectivity index (χ4v) is 5.33. The average Bonchev–Trinajstić information content (AvgIpc) is 3.05. The topological polar surface area (TPSA) is 69.7 Å². The van der Waals surface area contributed by atoms with E-state index in [0.29, 0.717) is 17.4 Å². The number of nitrogens with zero attached hydrogens (tertiary/aromatic N) is 2. The van der Waals surface area contributed by atoms with Crippen molar-refractivity contribution in [2.75, 3.05) is 23.3 Å². The molecule has 0 saturated carbocycles. The third-order valence-electron chi connectivity index (χ3n) is 6.06. The Bertz CT molecular complexity index is 1250. The molecule has 8 heteroatoms. The van der Waals surface area contributed by atoms with E-state index in [4.69, 9.17) is 0 Å². The van der Waals surface area contributed by atoms with Crippen molar-refractivity contribution < 1.29 is 18.8 Å². The van der Waals surface area contributed by atoms with Crippen LogP contribution in [0.2, 0.25) is 0 Å². The number of carbonyl (C=O) groups excluding carboxylic acids is 3. The maximum absolute atomic E-state index is 15.2. The zero-order valence-electron chi connectivity index (χ0n) is 20.2. The van der Waals surface area contributed by atoms with Crippen molar-refractivity contribution in [3.63, 3.8) is 0 Å². The number of halogens is 1. The van der Waals surface area contributed by atoms with E-state index < -0.39 is 29.4 Å². The third-order valence-corrected chi connectivity index (χ3v) is 6.97. The van der Waals surface area contributed by atoms with Crippen molar-refractivity contribution in [1.29, 1.82) is 0 Å². The lowest BCUT2D eigenvalue weighted by Gasteiger charge is -2.43. The molecule has 2 aliphatic rings. The highest BCUT2D eigenvalue weighted by molar-refractivity contribution is 8.18. The van der Waals surface area contributed by atoms with Gasteiger partial charge in [0.25, 0.3) is 11.1 Å². The Kier molecular flexibility index (Phi) is 6.85. The normalized spacial score (nSPS) is 18.1. The van der Waals surface area contributed by atoms with Crippen molar-refractivity contribution in [3.05, 3.63) is 70.4 Å². The summed E-state index contributed by atoms with van der Waals surface area (Å²) in [5.74, 6) is -1.57. The smallest absolute Gasteiger partial charge is 0.294 e. The number of nitrogens with one attached hydrogen (secondary N) is 1. The number of anilines is 2. The average molecular weight is 494 g/mol.